The summed E-state index contributed by atoms with van der Waals surface area (Å²) in [5.41, 5.74) is 3.58. The van der Waals surface area contributed by atoms with Crippen LogP contribution in [0.5, 0.6) is 17.2 Å². The van der Waals surface area contributed by atoms with Gasteiger partial charge in [-0.2, -0.15) is 0 Å². The quantitative estimate of drug-likeness (QED) is 0.0464. The summed E-state index contributed by atoms with van der Waals surface area (Å²) in [7, 11) is 0. The van der Waals surface area contributed by atoms with Crippen LogP contribution < -0.4 is 19.1 Å². The Bertz CT molecular complexity index is 2160. The average molecular weight is 761 g/mol. The fourth-order valence-electron chi connectivity index (χ4n) is 6.02. The lowest BCUT2D eigenvalue weighted by Gasteiger charge is -2.24. The summed E-state index contributed by atoms with van der Waals surface area (Å²) in [5.74, 6) is 0.135. The van der Waals surface area contributed by atoms with E-state index < -0.39 is 17.7 Å². The molecule has 5 aromatic rings. The number of aliphatic hydroxyl groups excluding tert-OH is 1. The number of thioether (sulfide) groups is 1. The van der Waals surface area contributed by atoms with Gasteiger partial charge in [0.15, 0.2) is 15.8 Å². The van der Waals surface area contributed by atoms with Crippen molar-refractivity contribution in [2.45, 2.75) is 49.1 Å². The molecule has 4 aromatic carbocycles. The second-order valence-corrected chi connectivity index (χ2v) is 14.9. The van der Waals surface area contributed by atoms with Crippen LogP contribution in [0.3, 0.4) is 0 Å². The van der Waals surface area contributed by atoms with Gasteiger partial charge in [-0.1, -0.05) is 88.8 Å². The second kappa shape index (κ2) is 15.0. The molecule has 1 saturated heterocycles. The van der Waals surface area contributed by atoms with Gasteiger partial charge in [0.2, 0.25) is 5.13 Å². The number of hydrogen-bond donors (Lipinski definition) is 1. The number of aromatic nitrogens is 2. The van der Waals surface area contributed by atoms with Crippen LogP contribution in [0, 0.1) is 0 Å². The molecule has 2 atom stereocenters. The van der Waals surface area contributed by atoms with E-state index in [1.165, 1.54) is 16.7 Å². The van der Waals surface area contributed by atoms with E-state index in [9.17, 15) is 14.7 Å². The topological polar surface area (TPSA) is 111 Å². The van der Waals surface area contributed by atoms with Gasteiger partial charge in [-0.15, -0.1) is 10.2 Å². The molecule has 1 fully saturated rings. The Kier molecular flexibility index (Phi) is 10.2. The van der Waals surface area contributed by atoms with Crippen LogP contribution in [0.2, 0.25) is 10.0 Å². The largest absolute Gasteiger partial charge is 0.507 e. The van der Waals surface area contributed by atoms with Crippen LogP contribution in [0.1, 0.15) is 47.7 Å². The molecule has 51 heavy (non-hydrogen) atoms. The highest BCUT2D eigenvalue weighted by atomic mass is 35.5. The zero-order valence-electron chi connectivity index (χ0n) is 27.5. The summed E-state index contributed by atoms with van der Waals surface area (Å²) in [6.07, 6.45) is 0.644. The number of anilines is 1. The number of fused-ring (bicyclic) bond motifs is 1. The van der Waals surface area contributed by atoms with E-state index in [1.54, 1.807) is 48.5 Å². The summed E-state index contributed by atoms with van der Waals surface area (Å²) in [5, 5.41) is 21.7. The number of rotatable bonds is 11. The Balaban J connectivity index is 1.27. The highest BCUT2D eigenvalue weighted by Gasteiger charge is 2.48. The van der Waals surface area contributed by atoms with Gasteiger partial charge in [0.25, 0.3) is 5.78 Å². The van der Waals surface area contributed by atoms with Gasteiger partial charge in [-0.05, 0) is 78.6 Å². The molecule has 0 radical (unpaired) electrons. The summed E-state index contributed by atoms with van der Waals surface area (Å²) in [4.78, 5) is 29.1. The minimum Gasteiger partial charge on any atom is -0.507 e. The molecule has 13 heteroatoms. The highest BCUT2D eigenvalue weighted by molar-refractivity contribution is 8.00. The maximum Gasteiger partial charge on any atom is 0.301 e. The smallest absolute Gasteiger partial charge is 0.301 e. The van der Waals surface area contributed by atoms with Crippen LogP contribution in [0.4, 0.5) is 5.13 Å². The van der Waals surface area contributed by atoms with Gasteiger partial charge in [0.1, 0.15) is 24.2 Å². The van der Waals surface area contributed by atoms with Gasteiger partial charge in [0, 0.05) is 27.8 Å². The number of nitrogens with zero attached hydrogens (tertiary/aromatic N) is 3. The van der Waals surface area contributed by atoms with E-state index in [2.05, 4.69) is 10.2 Å². The molecule has 2 aliphatic rings. The molecule has 2 aliphatic heterocycles. The molecule has 1 N–H and O–H groups in total. The van der Waals surface area contributed by atoms with Gasteiger partial charge >= 0.3 is 5.91 Å². The first-order valence-corrected chi connectivity index (χ1v) is 18.7. The number of carbonyl (C=O) groups is 2. The number of aliphatic hydroxyl groups is 1. The predicted molar refractivity (Wildman–Crippen MR) is 199 cm³/mol. The maximum atomic E-state index is 13.9. The molecule has 1 amide bonds. The van der Waals surface area contributed by atoms with Crippen LogP contribution in [0.25, 0.3) is 5.76 Å². The molecule has 7 rings (SSSR count). The summed E-state index contributed by atoms with van der Waals surface area (Å²) in [6.45, 7) is 4.48. The lowest BCUT2D eigenvalue weighted by molar-refractivity contribution is -0.132. The van der Waals surface area contributed by atoms with E-state index in [0.717, 1.165) is 33.8 Å². The van der Waals surface area contributed by atoms with Crippen molar-refractivity contribution in [3.8, 4) is 17.2 Å². The third-order valence-electron chi connectivity index (χ3n) is 8.40. The monoisotopic (exact) mass is 759 g/mol. The Labute approximate surface area is 312 Å². The summed E-state index contributed by atoms with van der Waals surface area (Å²) < 4.78 is 18.5. The maximum absolute atomic E-state index is 13.9. The number of Topliss-reactive ketones (excluding diaryl/α,β-unsaturated/α-hetero) is 1. The number of hydrogen-bond acceptors (Lipinski definition) is 10. The van der Waals surface area contributed by atoms with Crippen LogP contribution in [-0.4, -0.2) is 39.7 Å². The average Bonchev–Trinajstić information content (AvgIpc) is 3.82. The predicted octanol–water partition coefficient (Wildman–Crippen LogP) is 9.06. The minimum absolute atomic E-state index is 0.0113. The van der Waals surface area contributed by atoms with Crippen molar-refractivity contribution < 1.29 is 28.9 Å². The third kappa shape index (κ3) is 7.30. The van der Waals surface area contributed by atoms with Crippen molar-refractivity contribution in [2.24, 2.45) is 0 Å². The Morgan fingerprint density at radius 3 is 2.61 bits per heavy atom. The number of ketones is 1. The summed E-state index contributed by atoms with van der Waals surface area (Å²) >= 11 is 15.0. The van der Waals surface area contributed by atoms with Crippen molar-refractivity contribution in [2.75, 3.05) is 11.5 Å². The molecule has 260 valence electrons. The first kappa shape index (κ1) is 34.9. The number of ether oxygens (including phenoxy) is 3. The molecule has 9 nitrogen and oxygen atoms in total. The van der Waals surface area contributed by atoms with Crippen molar-refractivity contribution in [1.29, 1.82) is 0 Å². The van der Waals surface area contributed by atoms with E-state index in [4.69, 9.17) is 37.4 Å². The van der Waals surface area contributed by atoms with Crippen molar-refractivity contribution in [3.05, 3.63) is 128 Å². The van der Waals surface area contributed by atoms with Gasteiger partial charge in [0.05, 0.1) is 18.2 Å². The van der Waals surface area contributed by atoms with Crippen LogP contribution >= 0.6 is 46.3 Å². The normalized spacial score (nSPS) is 17.8. The molecule has 3 heterocycles. The molecule has 1 aromatic heterocycles. The lowest BCUT2D eigenvalue weighted by atomic mass is 9.94. The first-order chi connectivity index (χ1) is 24.7. The number of benzene rings is 4. The van der Waals surface area contributed by atoms with E-state index in [0.29, 0.717) is 62.4 Å². The molecule has 0 unspecified atom stereocenters. The second-order valence-electron chi connectivity index (χ2n) is 11.9. The Hall–Kier alpha value is -4.55. The molecule has 0 bridgehead atoms. The molecule has 0 aliphatic carbocycles. The van der Waals surface area contributed by atoms with Crippen molar-refractivity contribution in [3.63, 3.8) is 0 Å². The summed E-state index contributed by atoms with van der Waals surface area (Å²) in [6, 6.07) is 24.5. The number of carbonyl (C=O) groups excluding carboxylic acids is 2. The van der Waals surface area contributed by atoms with Crippen molar-refractivity contribution in [1.82, 2.24) is 10.2 Å². The molecule has 0 saturated carbocycles. The lowest BCUT2D eigenvalue weighted by Crippen LogP contribution is -2.29. The Morgan fingerprint density at radius 2 is 1.82 bits per heavy atom. The zero-order chi connectivity index (χ0) is 35.6. The van der Waals surface area contributed by atoms with Crippen molar-refractivity contribution >= 4 is 68.9 Å². The van der Waals surface area contributed by atoms with Gasteiger partial charge < -0.3 is 19.3 Å². The van der Waals surface area contributed by atoms with E-state index in [-0.39, 0.29) is 22.6 Å². The van der Waals surface area contributed by atoms with Gasteiger partial charge in [-0.25, -0.2) is 0 Å². The van der Waals surface area contributed by atoms with Gasteiger partial charge in [-0.3, -0.25) is 14.5 Å². The molecular weight excluding hydrogens is 729 g/mol. The molecular formula is C38H31Cl2N3O6S2. The van der Waals surface area contributed by atoms with Crippen LogP contribution in [-0.2, 0) is 28.4 Å². The highest BCUT2D eigenvalue weighted by Crippen LogP contribution is 2.46. The number of halogens is 2. The molecule has 0 spiro atoms. The fourth-order valence-corrected chi connectivity index (χ4v) is 8.45. The zero-order valence-corrected chi connectivity index (χ0v) is 30.6. The fraction of sp³-hybridized carbons (Fsp3) is 0.211. The van der Waals surface area contributed by atoms with E-state index in [1.807, 2.05) is 50.2 Å². The standard InChI is InChI=1S/C38H31Cl2N3O6S2/c1-3-47-31-17-23(10-14-30(31)48-19-22-7-5-4-6-8-22)33-32(34(44)24-11-13-29-26(16-24)15-21(2)49-29)35(45)36(46)43(33)37-41-42-38(51-37)50-20-25-9-12-27(39)18-28(25)40/h4-14,16-18,21,33,44H,3,15,19-20H2,1-2H3/b34-32+/t21-,33+/m1/s1. The van der Waals surface area contributed by atoms with Crippen LogP contribution in [0.15, 0.2) is 94.8 Å². The van der Waals surface area contributed by atoms with E-state index >= 15 is 0 Å². The third-order valence-corrected chi connectivity index (χ3v) is 11.1. The first-order valence-electron chi connectivity index (χ1n) is 16.1. The number of amides is 1. The Morgan fingerprint density at radius 1 is 1.00 bits per heavy atom. The SMILES string of the molecule is CCOc1cc([C@H]2/C(=C(\O)c3ccc4c(c3)C[C@@H](C)O4)C(=O)C(=O)N2c2nnc(SCc3ccc(Cl)cc3Cl)s2)ccc1OCc1ccccc1. The minimum atomic E-state index is -1.05.